The Bertz CT molecular complexity index is 843. The molecule has 0 saturated carbocycles. The molecule has 1 fully saturated rings. The molecule has 0 bridgehead atoms. The van der Waals surface area contributed by atoms with Gasteiger partial charge in [0.05, 0.1) is 0 Å². The molecule has 1 aliphatic heterocycles. The molecule has 3 nitrogen and oxygen atoms in total. The molecule has 0 atom stereocenters. The number of hydrogen-bond donors (Lipinski definition) is 0. The van der Waals surface area contributed by atoms with Crippen molar-refractivity contribution in [2.75, 3.05) is 13.2 Å². The van der Waals surface area contributed by atoms with Crippen LogP contribution in [-0.2, 0) is 16.4 Å². The van der Waals surface area contributed by atoms with E-state index >= 15 is 0 Å². The lowest BCUT2D eigenvalue weighted by Gasteiger charge is -2.33. The topological polar surface area (TPSA) is 23.4 Å². The van der Waals surface area contributed by atoms with Gasteiger partial charge >= 0.3 is 7.12 Å². The van der Waals surface area contributed by atoms with Gasteiger partial charge in [-0.2, -0.15) is 0 Å². The summed E-state index contributed by atoms with van der Waals surface area (Å²) in [5, 5.41) is 2.57. The lowest BCUT2D eigenvalue weighted by molar-refractivity contribution is 0.0343. The van der Waals surface area contributed by atoms with Crippen molar-refractivity contribution >= 4 is 34.4 Å². The van der Waals surface area contributed by atoms with E-state index in [2.05, 4.69) is 67.9 Å². The zero-order chi connectivity index (χ0) is 15.3. The maximum atomic E-state index is 5.91. The number of benzene rings is 2. The Morgan fingerprint density at radius 3 is 2.41 bits per heavy atom. The van der Waals surface area contributed by atoms with Crippen molar-refractivity contribution in [2.45, 2.75) is 13.8 Å². The molecule has 0 radical (unpaired) electrons. The molecule has 0 amide bonds. The maximum absolute atomic E-state index is 5.91. The lowest BCUT2D eigenvalue weighted by Crippen LogP contribution is -2.47. The summed E-state index contributed by atoms with van der Waals surface area (Å²) < 4.78 is 14.1. The zero-order valence-electron chi connectivity index (χ0n) is 13.3. The van der Waals surface area contributed by atoms with Crippen molar-refractivity contribution in [3.63, 3.8) is 0 Å². The molecule has 0 N–H and O–H groups in total. The summed E-state index contributed by atoms with van der Waals surface area (Å²) >= 11 is 0. The van der Waals surface area contributed by atoms with Crippen LogP contribution in [0.25, 0.3) is 21.8 Å². The second-order valence-corrected chi connectivity index (χ2v) is 6.97. The normalized spacial score (nSPS) is 18.2. The van der Waals surface area contributed by atoms with Crippen LogP contribution in [0.1, 0.15) is 13.8 Å². The summed E-state index contributed by atoms with van der Waals surface area (Å²) in [4.78, 5) is 0. The van der Waals surface area contributed by atoms with Crippen molar-refractivity contribution in [3.8, 4) is 0 Å². The molecule has 1 aromatic heterocycles. The quantitative estimate of drug-likeness (QED) is 0.644. The number of aromatic nitrogens is 1. The highest BCUT2D eigenvalue weighted by Gasteiger charge is 2.33. The summed E-state index contributed by atoms with van der Waals surface area (Å²) in [6.07, 6.45) is 0. The van der Waals surface area contributed by atoms with Crippen molar-refractivity contribution in [3.05, 3.63) is 42.5 Å². The average Bonchev–Trinajstić information content (AvgIpc) is 2.81. The first-order valence-corrected chi connectivity index (χ1v) is 7.75. The Hall–Kier alpha value is -1.78. The van der Waals surface area contributed by atoms with E-state index in [0.29, 0.717) is 0 Å². The first-order valence-electron chi connectivity index (χ1n) is 7.75. The average molecular weight is 293 g/mol. The molecule has 0 unspecified atom stereocenters. The summed E-state index contributed by atoms with van der Waals surface area (Å²) in [6.45, 7) is 5.78. The first-order chi connectivity index (χ1) is 10.6. The molecule has 2 heterocycles. The van der Waals surface area contributed by atoms with Crippen molar-refractivity contribution in [1.82, 2.24) is 4.57 Å². The van der Waals surface area contributed by atoms with Gasteiger partial charge in [0.2, 0.25) is 0 Å². The van der Waals surface area contributed by atoms with Gasteiger partial charge in [0.1, 0.15) is 0 Å². The van der Waals surface area contributed by atoms with Crippen LogP contribution in [0.15, 0.2) is 42.5 Å². The minimum absolute atomic E-state index is 0.0975. The predicted octanol–water partition coefficient (Wildman–Crippen LogP) is 3.10. The maximum Gasteiger partial charge on any atom is 0.493 e. The highest BCUT2D eigenvalue weighted by molar-refractivity contribution is 6.61. The van der Waals surface area contributed by atoms with Gasteiger partial charge < -0.3 is 13.9 Å². The molecule has 4 heteroatoms. The van der Waals surface area contributed by atoms with E-state index < -0.39 is 0 Å². The van der Waals surface area contributed by atoms with E-state index in [1.165, 1.54) is 21.8 Å². The number of para-hydroxylation sites is 1. The molecule has 4 rings (SSSR count). The summed E-state index contributed by atoms with van der Waals surface area (Å²) in [5.74, 6) is 0. The minimum atomic E-state index is -0.254. The summed E-state index contributed by atoms with van der Waals surface area (Å²) in [6, 6.07) is 15.0. The van der Waals surface area contributed by atoms with Gasteiger partial charge in [0.15, 0.2) is 0 Å². The highest BCUT2D eigenvalue weighted by Crippen LogP contribution is 2.28. The van der Waals surface area contributed by atoms with Crippen LogP contribution < -0.4 is 5.46 Å². The number of hydrogen-bond acceptors (Lipinski definition) is 2. The predicted molar refractivity (Wildman–Crippen MR) is 91.5 cm³/mol. The fraction of sp³-hybridized carbons (Fsp3) is 0.333. The van der Waals surface area contributed by atoms with Crippen LogP contribution in [-0.4, -0.2) is 24.9 Å². The van der Waals surface area contributed by atoms with Gasteiger partial charge in [-0.1, -0.05) is 44.2 Å². The van der Waals surface area contributed by atoms with Crippen LogP contribution in [0.4, 0.5) is 0 Å². The van der Waals surface area contributed by atoms with Gasteiger partial charge in [-0.05, 0) is 17.6 Å². The van der Waals surface area contributed by atoms with Gasteiger partial charge in [-0.15, -0.1) is 0 Å². The van der Waals surface area contributed by atoms with Crippen LogP contribution in [0.5, 0.6) is 0 Å². The molecular formula is C18H20BNO2. The molecule has 1 aliphatic rings. The van der Waals surface area contributed by atoms with E-state index in [9.17, 15) is 0 Å². The van der Waals surface area contributed by atoms with Crippen LogP contribution >= 0.6 is 0 Å². The lowest BCUT2D eigenvalue weighted by atomic mass is 9.75. The zero-order valence-corrected chi connectivity index (χ0v) is 13.3. The number of rotatable bonds is 1. The number of nitrogens with zero attached hydrogens (tertiary/aromatic N) is 1. The molecule has 112 valence electrons. The van der Waals surface area contributed by atoms with Crippen LogP contribution in [0, 0.1) is 5.41 Å². The van der Waals surface area contributed by atoms with E-state index in [4.69, 9.17) is 9.31 Å². The van der Waals surface area contributed by atoms with Crippen LogP contribution in [0.3, 0.4) is 0 Å². The Morgan fingerprint density at radius 2 is 1.64 bits per heavy atom. The Morgan fingerprint density at radius 1 is 0.955 bits per heavy atom. The standard InChI is InChI=1S/C18H20BNO2/c1-18(2)11-21-19(22-12-18)13-8-9-15-14-6-4-5-7-16(14)20(3)17(15)10-13/h4-10H,11-12H2,1-3H3. The third-order valence-electron chi connectivity index (χ3n) is 4.46. The van der Waals surface area contributed by atoms with Crippen molar-refractivity contribution in [2.24, 2.45) is 12.5 Å². The van der Waals surface area contributed by atoms with Gasteiger partial charge in [0.25, 0.3) is 0 Å². The third kappa shape index (κ3) is 2.14. The van der Waals surface area contributed by atoms with E-state index in [1.54, 1.807) is 0 Å². The molecule has 2 aromatic carbocycles. The second kappa shape index (κ2) is 4.87. The fourth-order valence-electron chi connectivity index (χ4n) is 3.21. The van der Waals surface area contributed by atoms with Gasteiger partial charge in [-0.25, -0.2) is 0 Å². The third-order valence-corrected chi connectivity index (χ3v) is 4.46. The van der Waals surface area contributed by atoms with Gasteiger partial charge in [-0.3, -0.25) is 0 Å². The first kappa shape index (κ1) is 13.9. The summed E-state index contributed by atoms with van der Waals surface area (Å²) in [7, 11) is 1.86. The molecule has 22 heavy (non-hydrogen) atoms. The van der Waals surface area contributed by atoms with E-state index in [-0.39, 0.29) is 12.5 Å². The molecule has 3 aromatic rings. The largest absolute Gasteiger partial charge is 0.493 e. The SMILES string of the molecule is Cn1c2ccccc2c2ccc(B3OCC(C)(C)CO3)cc21. The second-order valence-electron chi connectivity index (χ2n) is 6.97. The monoisotopic (exact) mass is 293 g/mol. The molecular weight excluding hydrogens is 273 g/mol. The van der Waals surface area contributed by atoms with Crippen molar-refractivity contribution < 1.29 is 9.31 Å². The number of aryl methyl sites for hydroxylation is 1. The van der Waals surface area contributed by atoms with Crippen molar-refractivity contribution in [1.29, 1.82) is 0 Å². The minimum Gasteiger partial charge on any atom is -0.407 e. The Labute approximate surface area is 131 Å². The fourth-order valence-corrected chi connectivity index (χ4v) is 3.21. The van der Waals surface area contributed by atoms with Gasteiger partial charge in [0, 0.05) is 47.5 Å². The Balaban J connectivity index is 1.78. The summed E-state index contributed by atoms with van der Waals surface area (Å²) in [5.41, 5.74) is 3.66. The molecule has 0 aliphatic carbocycles. The van der Waals surface area contributed by atoms with Crippen LogP contribution in [0.2, 0.25) is 0 Å². The Kier molecular flexibility index (Phi) is 3.07. The number of fused-ring (bicyclic) bond motifs is 3. The van der Waals surface area contributed by atoms with E-state index in [0.717, 1.165) is 18.7 Å². The highest BCUT2D eigenvalue weighted by atomic mass is 16.6. The smallest absolute Gasteiger partial charge is 0.407 e. The van der Waals surface area contributed by atoms with E-state index in [1.807, 2.05) is 0 Å². The molecule has 0 spiro atoms. The molecule has 1 saturated heterocycles.